The van der Waals surface area contributed by atoms with E-state index in [0.29, 0.717) is 13.2 Å². The van der Waals surface area contributed by atoms with E-state index in [4.69, 9.17) is 9.47 Å². The number of hydrogen-bond donors (Lipinski definition) is 4. The van der Waals surface area contributed by atoms with E-state index in [1.165, 1.54) is 7.11 Å². The third-order valence-corrected chi connectivity index (χ3v) is 3.90. The lowest BCUT2D eigenvalue weighted by Gasteiger charge is -2.15. The van der Waals surface area contributed by atoms with Crippen molar-refractivity contribution < 1.29 is 29.3 Å². The summed E-state index contributed by atoms with van der Waals surface area (Å²) in [6.07, 6.45) is -1.99. The zero-order chi connectivity index (χ0) is 16.1. The summed E-state index contributed by atoms with van der Waals surface area (Å²) in [5.41, 5.74) is 0. The second kappa shape index (κ2) is 7.87. The minimum Gasteiger partial charge on any atom is -0.388 e. The van der Waals surface area contributed by atoms with E-state index in [9.17, 15) is 19.8 Å². The fourth-order valence-corrected chi connectivity index (χ4v) is 2.40. The van der Waals surface area contributed by atoms with Crippen LogP contribution in [0.25, 0.3) is 0 Å². The average molecular weight is 316 g/mol. The van der Waals surface area contributed by atoms with Crippen LogP contribution in [0.3, 0.4) is 0 Å². The van der Waals surface area contributed by atoms with Crippen LogP contribution in [0, 0.1) is 5.92 Å². The SMILES string of the molecule is COCCNC(=O)C[C@@H]1O[C@H](CNC(=O)C2CC2)[C@@H](O)[C@H]1O. The molecule has 8 heteroatoms. The smallest absolute Gasteiger partial charge is 0.223 e. The van der Waals surface area contributed by atoms with Gasteiger partial charge in [0.15, 0.2) is 0 Å². The number of methoxy groups -OCH3 is 1. The molecule has 2 fully saturated rings. The molecule has 0 aromatic carbocycles. The van der Waals surface area contributed by atoms with Crippen LogP contribution in [-0.2, 0) is 19.1 Å². The normalized spacial score (nSPS) is 31.0. The van der Waals surface area contributed by atoms with Crippen LogP contribution >= 0.6 is 0 Å². The lowest BCUT2D eigenvalue weighted by atomic mass is 10.1. The van der Waals surface area contributed by atoms with Crippen molar-refractivity contribution in [2.45, 2.75) is 43.7 Å². The Bertz CT molecular complexity index is 401. The predicted molar refractivity (Wildman–Crippen MR) is 75.9 cm³/mol. The number of hydrogen-bond acceptors (Lipinski definition) is 6. The molecule has 0 unspecified atom stereocenters. The molecule has 1 heterocycles. The van der Waals surface area contributed by atoms with Gasteiger partial charge in [0.25, 0.3) is 0 Å². The van der Waals surface area contributed by atoms with Crippen LogP contribution < -0.4 is 10.6 Å². The number of carbonyl (C=O) groups is 2. The van der Waals surface area contributed by atoms with Gasteiger partial charge >= 0.3 is 0 Å². The number of rotatable bonds is 8. The quantitative estimate of drug-likeness (QED) is 0.391. The van der Waals surface area contributed by atoms with Crippen molar-refractivity contribution in [3.8, 4) is 0 Å². The largest absolute Gasteiger partial charge is 0.388 e. The number of aliphatic hydroxyl groups excluding tert-OH is 2. The lowest BCUT2D eigenvalue weighted by molar-refractivity contribution is -0.126. The second-order valence-electron chi connectivity index (χ2n) is 5.76. The Morgan fingerprint density at radius 2 is 1.86 bits per heavy atom. The van der Waals surface area contributed by atoms with Gasteiger partial charge in [-0.1, -0.05) is 0 Å². The fourth-order valence-electron chi connectivity index (χ4n) is 2.40. The first-order chi connectivity index (χ1) is 10.5. The van der Waals surface area contributed by atoms with Gasteiger partial charge in [0.2, 0.25) is 11.8 Å². The first-order valence-corrected chi connectivity index (χ1v) is 7.58. The highest BCUT2D eigenvalue weighted by molar-refractivity contribution is 5.80. The molecule has 2 rings (SSSR count). The van der Waals surface area contributed by atoms with Crippen molar-refractivity contribution in [2.75, 3.05) is 26.8 Å². The number of amides is 2. The maximum atomic E-state index is 11.7. The molecule has 0 aromatic heterocycles. The Morgan fingerprint density at radius 1 is 1.18 bits per heavy atom. The van der Waals surface area contributed by atoms with Crippen molar-refractivity contribution in [1.82, 2.24) is 10.6 Å². The zero-order valence-electron chi connectivity index (χ0n) is 12.7. The molecule has 1 saturated heterocycles. The van der Waals surface area contributed by atoms with E-state index in [1.54, 1.807) is 0 Å². The van der Waals surface area contributed by atoms with Gasteiger partial charge < -0.3 is 30.3 Å². The van der Waals surface area contributed by atoms with Crippen LogP contribution in [0.15, 0.2) is 0 Å². The topological polar surface area (TPSA) is 117 Å². The minimum atomic E-state index is -1.14. The number of ether oxygens (including phenoxy) is 2. The summed E-state index contributed by atoms with van der Waals surface area (Å²) in [5.74, 6) is -0.257. The van der Waals surface area contributed by atoms with Crippen molar-refractivity contribution >= 4 is 11.8 Å². The summed E-state index contributed by atoms with van der Waals surface area (Å²) < 4.78 is 10.3. The van der Waals surface area contributed by atoms with Crippen LogP contribution in [0.5, 0.6) is 0 Å². The van der Waals surface area contributed by atoms with Crippen LogP contribution in [-0.4, -0.2) is 73.2 Å². The van der Waals surface area contributed by atoms with Gasteiger partial charge in [-0.2, -0.15) is 0 Å². The molecule has 1 aliphatic heterocycles. The maximum Gasteiger partial charge on any atom is 0.223 e. The van der Waals surface area contributed by atoms with Crippen molar-refractivity contribution in [3.63, 3.8) is 0 Å². The molecule has 0 aromatic rings. The maximum absolute atomic E-state index is 11.7. The van der Waals surface area contributed by atoms with Gasteiger partial charge in [-0.05, 0) is 12.8 Å². The summed E-state index contributed by atoms with van der Waals surface area (Å²) in [4.78, 5) is 23.3. The molecule has 4 N–H and O–H groups in total. The highest BCUT2D eigenvalue weighted by Gasteiger charge is 2.43. The average Bonchev–Trinajstić information content (AvgIpc) is 3.30. The molecule has 4 atom stereocenters. The summed E-state index contributed by atoms with van der Waals surface area (Å²) in [6, 6.07) is 0. The lowest BCUT2D eigenvalue weighted by Crippen LogP contribution is -2.40. The van der Waals surface area contributed by atoms with E-state index in [2.05, 4.69) is 10.6 Å². The third kappa shape index (κ3) is 4.64. The molecule has 126 valence electrons. The Balaban J connectivity index is 1.73. The molecule has 0 radical (unpaired) electrons. The van der Waals surface area contributed by atoms with E-state index in [1.807, 2.05) is 0 Å². The molecule has 2 amide bonds. The van der Waals surface area contributed by atoms with E-state index < -0.39 is 24.4 Å². The molecule has 1 saturated carbocycles. The zero-order valence-corrected chi connectivity index (χ0v) is 12.7. The van der Waals surface area contributed by atoms with Gasteiger partial charge in [0, 0.05) is 26.1 Å². The number of carbonyl (C=O) groups excluding carboxylic acids is 2. The van der Waals surface area contributed by atoms with Crippen molar-refractivity contribution in [1.29, 1.82) is 0 Å². The van der Waals surface area contributed by atoms with Gasteiger partial charge in [-0.15, -0.1) is 0 Å². The standard InChI is InChI=1S/C14H24N2O6/c1-21-5-4-15-11(17)6-9-12(18)13(19)10(22-9)7-16-14(20)8-2-3-8/h8-10,12-13,18-19H,2-7H2,1H3,(H,15,17)(H,16,20)/t9-,10+,12-,13+/m0/s1. The van der Waals surface area contributed by atoms with Crippen LogP contribution in [0.4, 0.5) is 0 Å². The fraction of sp³-hybridized carbons (Fsp3) is 0.857. The van der Waals surface area contributed by atoms with E-state index in [0.717, 1.165) is 12.8 Å². The van der Waals surface area contributed by atoms with E-state index >= 15 is 0 Å². The number of nitrogens with one attached hydrogen (secondary N) is 2. The van der Waals surface area contributed by atoms with Gasteiger partial charge in [-0.25, -0.2) is 0 Å². The molecular weight excluding hydrogens is 292 g/mol. The molecule has 22 heavy (non-hydrogen) atoms. The van der Waals surface area contributed by atoms with Gasteiger partial charge in [0.1, 0.15) is 18.3 Å². The number of aliphatic hydroxyl groups is 2. The Hall–Kier alpha value is -1.22. The third-order valence-electron chi connectivity index (χ3n) is 3.90. The van der Waals surface area contributed by atoms with Gasteiger partial charge in [0.05, 0.1) is 19.1 Å². The van der Waals surface area contributed by atoms with Crippen LogP contribution in [0.1, 0.15) is 19.3 Å². The summed E-state index contributed by atoms with van der Waals surface area (Å²) in [7, 11) is 1.53. The summed E-state index contributed by atoms with van der Waals surface area (Å²) in [5, 5.41) is 25.2. The van der Waals surface area contributed by atoms with Crippen molar-refractivity contribution in [3.05, 3.63) is 0 Å². The molecular formula is C14H24N2O6. The molecule has 0 bridgehead atoms. The minimum absolute atomic E-state index is 0.0466. The Kier molecular flexibility index (Phi) is 6.13. The molecule has 2 aliphatic rings. The first kappa shape index (κ1) is 17.1. The molecule has 0 spiro atoms. The second-order valence-corrected chi connectivity index (χ2v) is 5.76. The Labute approximate surface area is 129 Å². The Morgan fingerprint density at radius 3 is 2.50 bits per heavy atom. The summed E-state index contributed by atoms with van der Waals surface area (Å²) in [6.45, 7) is 0.912. The van der Waals surface area contributed by atoms with Crippen LogP contribution in [0.2, 0.25) is 0 Å². The van der Waals surface area contributed by atoms with E-state index in [-0.39, 0.29) is 30.7 Å². The van der Waals surface area contributed by atoms with Crippen molar-refractivity contribution in [2.24, 2.45) is 5.92 Å². The van der Waals surface area contributed by atoms with Gasteiger partial charge in [-0.3, -0.25) is 9.59 Å². The predicted octanol–water partition coefficient (Wildman–Crippen LogP) is -1.85. The highest BCUT2D eigenvalue weighted by Crippen LogP contribution is 2.29. The first-order valence-electron chi connectivity index (χ1n) is 7.58. The molecule has 8 nitrogen and oxygen atoms in total. The highest BCUT2D eigenvalue weighted by atomic mass is 16.5. The summed E-state index contributed by atoms with van der Waals surface area (Å²) >= 11 is 0. The molecule has 1 aliphatic carbocycles. The monoisotopic (exact) mass is 316 g/mol.